The molecule has 0 radical (unpaired) electrons. The van der Waals surface area contributed by atoms with E-state index in [9.17, 15) is 4.79 Å². The van der Waals surface area contributed by atoms with Gasteiger partial charge in [0.05, 0.1) is 5.92 Å². The van der Waals surface area contributed by atoms with Crippen LogP contribution in [0.3, 0.4) is 0 Å². The van der Waals surface area contributed by atoms with Crippen molar-refractivity contribution >= 4 is 33.2 Å². The molecule has 2 atom stereocenters. The Balaban J connectivity index is 1.66. The second-order valence-electron chi connectivity index (χ2n) is 6.08. The molecule has 1 aliphatic carbocycles. The number of fused-ring (bicyclic) bond motifs is 1. The highest BCUT2D eigenvalue weighted by molar-refractivity contribution is 9.09. The first-order chi connectivity index (χ1) is 9.66. The number of hydrogen-bond donors (Lipinski definition) is 0. The molecule has 0 spiro atoms. The molecule has 2 aliphatic rings. The van der Waals surface area contributed by atoms with Gasteiger partial charge in [0, 0.05) is 22.8 Å². The van der Waals surface area contributed by atoms with E-state index in [1.807, 2.05) is 11.3 Å². The second-order valence-corrected chi connectivity index (χ2v) is 8.53. The third kappa shape index (κ3) is 2.82. The molecule has 2 unspecified atom stereocenters. The lowest BCUT2D eigenvalue weighted by Gasteiger charge is -2.36. The number of amides is 1. The van der Waals surface area contributed by atoms with Gasteiger partial charge in [0.2, 0.25) is 5.91 Å². The number of likely N-dealkylation sites (tertiary alicyclic amines) is 1. The molecule has 1 aromatic heterocycles. The quantitative estimate of drug-likeness (QED) is 0.728. The van der Waals surface area contributed by atoms with Crippen molar-refractivity contribution in [2.45, 2.75) is 49.8 Å². The summed E-state index contributed by atoms with van der Waals surface area (Å²) in [6, 6.07) is 2.18. The molecule has 2 nitrogen and oxygen atoms in total. The zero-order chi connectivity index (χ0) is 14.1. The van der Waals surface area contributed by atoms with Gasteiger partial charge in [0.15, 0.2) is 0 Å². The maximum atomic E-state index is 12.8. The average Bonchev–Trinajstić information content (AvgIpc) is 2.95. The highest BCUT2D eigenvalue weighted by Gasteiger charge is 2.33. The molecule has 110 valence electrons. The Morgan fingerprint density at radius 3 is 2.85 bits per heavy atom. The first kappa shape index (κ1) is 14.6. The smallest absolute Gasteiger partial charge is 0.230 e. The summed E-state index contributed by atoms with van der Waals surface area (Å²) in [5, 5.41) is 2.15. The minimum Gasteiger partial charge on any atom is -0.342 e. The van der Waals surface area contributed by atoms with Crippen LogP contribution < -0.4 is 0 Å². The van der Waals surface area contributed by atoms with Crippen molar-refractivity contribution in [1.82, 2.24) is 4.90 Å². The molecule has 0 bridgehead atoms. The summed E-state index contributed by atoms with van der Waals surface area (Å²) in [5.41, 5.74) is 1.32. The van der Waals surface area contributed by atoms with Gasteiger partial charge < -0.3 is 4.90 Å². The molecule has 4 heteroatoms. The van der Waals surface area contributed by atoms with E-state index in [-0.39, 0.29) is 5.92 Å². The summed E-state index contributed by atoms with van der Waals surface area (Å²) < 4.78 is 0. The van der Waals surface area contributed by atoms with Crippen LogP contribution in [0, 0.1) is 5.92 Å². The molecule has 20 heavy (non-hydrogen) atoms. The maximum absolute atomic E-state index is 12.8. The van der Waals surface area contributed by atoms with Crippen LogP contribution in [0.25, 0.3) is 0 Å². The van der Waals surface area contributed by atoms with Crippen molar-refractivity contribution in [2.75, 3.05) is 13.1 Å². The second kappa shape index (κ2) is 6.18. The number of thiophene rings is 1. The normalized spacial score (nSPS) is 25.3. The van der Waals surface area contributed by atoms with Crippen molar-refractivity contribution in [3.05, 3.63) is 21.9 Å². The van der Waals surface area contributed by atoms with Gasteiger partial charge in [-0.05, 0) is 55.0 Å². The minimum atomic E-state index is 0.142. The first-order valence-electron chi connectivity index (χ1n) is 7.66. The van der Waals surface area contributed by atoms with E-state index in [0.29, 0.717) is 10.7 Å². The zero-order valence-corrected chi connectivity index (χ0v) is 14.4. The average molecular weight is 356 g/mol. The maximum Gasteiger partial charge on any atom is 0.230 e. The van der Waals surface area contributed by atoms with Crippen molar-refractivity contribution in [3.8, 4) is 0 Å². The van der Waals surface area contributed by atoms with Crippen LogP contribution in [0.5, 0.6) is 0 Å². The molecule has 1 aliphatic heterocycles. The van der Waals surface area contributed by atoms with Crippen molar-refractivity contribution in [3.63, 3.8) is 0 Å². The lowest BCUT2D eigenvalue weighted by molar-refractivity contribution is -0.134. The summed E-state index contributed by atoms with van der Waals surface area (Å²) in [4.78, 5) is 16.9. The molecular formula is C16H22BrNOS. The Morgan fingerprint density at radius 2 is 2.15 bits per heavy atom. The molecular weight excluding hydrogens is 334 g/mol. The van der Waals surface area contributed by atoms with E-state index >= 15 is 0 Å². The molecule has 0 aromatic carbocycles. The number of halogens is 1. The molecule has 2 heterocycles. The van der Waals surface area contributed by atoms with E-state index in [1.54, 1.807) is 0 Å². The number of carbonyl (C=O) groups excluding carboxylic acids is 1. The molecule has 1 saturated heterocycles. The number of nitrogens with zero attached hydrogens (tertiary/aromatic N) is 1. The number of aryl methyl sites for hydroxylation is 1. The molecule has 1 aromatic rings. The highest BCUT2D eigenvalue weighted by Crippen LogP contribution is 2.37. The van der Waals surface area contributed by atoms with Crippen LogP contribution in [0.4, 0.5) is 0 Å². The Labute approximate surface area is 133 Å². The number of alkyl halides is 1. The Bertz CT molecular complexity index is 477. The van der Waals surface area contributed by atoms with Crippen molar-refractivity contribution in [2.24, 2.45) is 5.92 Å². The number of carbonyl (C=O) groups is 1. The summed E-state index contributed by atoms with van der Waals surface area (Å²) in [7, 11) is 0. The predicted octanol–water partition coefficient (Wildman–Crippen LogP) is 4.19. The number of rotatable bonds is 2. The summed E-state index contributed by atoms with van der Waals surface area (Å²) >= 11 is 5.50. The SMILES string of the molecule is CC(Br)C1CCN(C(=O)C2CCCc3sccc32)CC1. The van der Waals surface area contributed by atoms with E-state index in [2.05, 4.69) is 39.2 Å². The standard InChI is InChI=1S/C16H22BrNOS/c1-11(17)12-5-8-18(9-6-12)16(19)14-3-2-4-15-13(14)7-10-20-15/h7,10-12,14H,2-6,8-9H2,1H3. The molecule has 1 amide bonds. The van der Waals surface area contributed by atoms with E-state index in [0.717, 1.165) is 38.3 Å². The van der Waals surface area contributed by atoms with Gasteiger partial charge in [-0.15, -0.1) is 11.3 Å². The third-order valence-electron chi connectivity index (χ3n) is 4.85. The monoisotopic (exact) mass is 355 g/mol. The lowest BCUT2D eigenvalue weighted by atomic mass is 9.85. The van der Waals surface area contributed by atoms with Crippen LogP contribution in [0.1, 0.15) is 49.0 Å². The van der Waals surface area contributed by atoms with E-state index < -0.39 is 0 Å². The van der Waals surface area contributed by atoms with Gasteiger partial charge in [-0.25, -0.2) is 0 Å². The first-order valence-corrected chi connectivity index (χ1v) is 9.45. The van der Waals surface area contributed by atoms with E-state index in [4.69, 9.17) is 0 Å². The van der Waals surface area contributed by atoms with Gasteiger partial charge >= 0.3 is 0 Å². The van der Waals surface area contributed by atoms with Crippen LogP contribution in [-0.4, -0.2) is 28.7 Å². The number of piperidine rings is 1. The molecule has 0 N–H and O–H groups in total. The third-order valence-corrected chi connectivity index (χ3v) is 6.60. The Hall–Kier alpha value is -0.350. The van der Waals surface area contributed by atoms with Crippen molar-refractivity contribution in [1.29, 1.82) is 0 Å². The van der Waals surface area contributed by atoms with Crippen LogP contribution in [0.15, 0.2) is 11.4 Å². The van der Waals surface area contributed by atoms with Gasteiger partial charge in [-0.1, -0.05) is 22.9 Å². The fourth-order valence-corrected chi connectivity index (χ4v) is 5.06. The van der Waals surface area contributed by atoms with Crippen LogP contribution >= 0.6 is 27.3 Å². The Morgan fingerprint density at radius 1 is 1.40 bits per heavy atom. The van der Waals surface area contributed by atoms with Crippen molar-refractivity contribution < 1.29 is 4.79 Å². The predicted molar refractivity (Wildman–Crippen MR) is 87.7 cm³/mol. The number of hydrogen-bond acceptors (Lipinski definition) is 2. The highest BCUT2D eigenvalue weighted by atomic mass is 79.9. The topological polar surface area (TPSA) is 20.3 Å². The summed E-state index contributed by atoms with van der Waals surface area (Å²) in [6.07, 6.45) is 5.65. The Kier molecular flexibility index (Phi) is 4.51. The minimum absolute atomic E-state index is 0.142. The fourth-order valence-electron chi connectivity index (χ4n) is 3.54. The fraction of sp³-hybridized carbons (Fsp3) is 0.688. The van der Waals surface area contributed by atoms with Crippen LogP contribution in [0.2, 0.25) is 0 Å². The van der Waals surface area contributed by atoms with Gasteiger partial charge in [-0.2, -0.15) is 0 Å². The summed E-state index contributed by atoms with van der Waals surface area (Å²) in [5.74, 6) is 1.25. The van der Waals surface area contributed by atoms with Gasteiger partial charge in [0.25, 0.3) is 0 Å². The largest absolute Gasteiger partial charge is 0.342 e. The lowest BCUT2D eigenvalue weighted by Crippen LogP contribution is -2.42. The zero-order valence-electron chi connectivity index (χ0n) is 12.0. The molecule has 0 saturated carbocycles. The molecule has 1 fully saturated rings. The van der Waals surface area contributed by atoms with Crippen LogP contribution in [-0.2, 0) is 11.2 Å². The van der Waals surface area contributed by atoms with E-state index in [1.165, 1.54) is 23.3 Å². The van der Waals surface area contributed by atoms with Gasteiger partial charge in [-0.3, -0.25) is 4.79 Å². The molecule has 3 rings (SSSR count). The summed E-state index contributed by atoms with van der Waals surface area (Å²) in [6.45, 7) is 4.10. The van der Waals surface area contributed by atoms with Gasteiger partial charge in [0.1, 0.15) is 0 Å².